The van der Waals surface area contributed by atoms with Crippen LogP contribution in [-0.2, 0) is 9.84 Å². The van der Waals surface area contributed by atoms with Gasteiger partial charge in [0.25, 0.3) is 0 Å². The van der Waals surface area contributed by atoms with E-state index in [-0.39, 0.29) is 17.3 Å². The van der Waals surface area contributed by atoms with Gasteiger partial charge >= 0.3 is 0 Å². The van der Waals surface area contributed by atoms with Gasteiger partial charge in [0.2, 0.25) is 0 Å². The van der Waals surface area contributed by atoms with Crippen LogP contribution in [0.3, 0.4) is 0 Å². The number of sulfone groups is 1. The number of anilines is 2. The molecule has 0 bridgehead atoms. The average molecular weight is 268 g/mol. The van der Waals surface area contributed by atoms with Gasteiger partial charge in [0, 0.05) is 30.0 Å². The first-order valence-corrected chi connectivity index (χ1v) is 7.57. The Morgan fingerprint density at radius 2 is 1.89 bits per heavy atom. The second-order valence-corrected chi connectivity index (χ2v) is 6.77. The first-order valence-electron chi connectivity index (χ1n) is 5.75. The maximum atomic E-state index is 11.3. The summed E-state index contributed by atoms with van der Waals surface area (Å²) in [7, 11) is -2.88. The van der Waals surface area contributed by atoms with Crippen molar-refractivity contribution >= 4 is 27.0 Å². The molecule has 0 unspecified atom stereocenters. The zero-order valence-electron chi connectivity index (χ0n) is 10.2. The largest absolute Gasteiger partial charge is 0.398 e. The number of nitrogens with two attached hydrogens (primary N) is 1. The number of benzene rings is 1. The third-order valence-electron chi connectivity index (χ3n) is 3.12. The van der Waals surface area contributed by atoms with Crippen LogP contribution in [-0.4, -0.2) is 38.8 Å². The Morgan fingerprint density at radius 1 is 1.28 bits per heavy atom. The van der Waals surface area contributed by atoms with Crippen molar-refractivity contribution in [2.45, 2.75) is 6.92 Å². The van der Waals surface area contributed by atoms with Gasteiger partial charge < -0.3 is 10.6 Å². The lowest BCUT2D eigenvalue weighted by Crippen LogP contribution is -2.40. The van der Waals surface area contributed by atoms with Gasteiger partial charge in [0.1, 0.15) is 0 Å². The fraction of sp³-hybridized carbons (Fsp3) is 0.417. The van der Waals surface area contributed by atoms with Crippen molar-refractivity contribution in [2.75, 3.05) is 35.2 Å². The summed E-state index contributed by atoms with van der Waals surface area (Å²) in [5.41, 5.74) is 7.63. The van der Waals surface area contributed by atoms with Crippen LogP contribution < -0.4 is 10.6 Å². The van der Waals surface area contributed by atoms with Crippen molar-refractivity contribution in [3.05, 3.63) is 23.8 Å². The van der Waals surface area contributed by atoms with Crippen molar-refractivity contribution < 1.29 is 13.2 Å². The number of hydrogen-bond donors (Lipinski definition) is 1. The van der Waals surface area contributed by atoms with Crippen molar-refractivity contribution in [1.82, 2.24) is 0 Å². The van der Waals surface area contributed by atoms with Gasteiger partial charge in [0.05, 0.1) is 11.5 Å². The Kier molecular flexibility index (Phi) is 3.30. The van der Waals surface area contributed by atoms with E-state index in [2.05, 4.69) is 0 Å². The van der Waals surface area contributed by atoms with E-state index in [1.807, 2.05) is 11.0 Å². The highest BCUT2D eigenvalue weighted by molar-refractivity contribution is 7.91. The molecule has 98 valence electrons. The molecule has 0 aromatic heterocycles. The van der Waals surface area contributed by atoms with Gasteiger partial charge in [-0.2, -0.15) is 0 Å². The van der Waals surface area contributed by atoms with Gasteiger partial charge in [-0.1, -0.05) is 0 Å². The van der Waals surface area contributed by atoms with Crippen molar-refractivity contribution in [2.24, 2.45) is 0 Å². The second kappa shape index (κ2) is 4.61. The summed E-state index contributed by atoms with van der Waals surface area (Å²) in [4.78, 5) is 13.2. The number of carbonyl (C=O) groups is 1. The molecule has 6 heteroatoms. The Labute approximate surface area is 107 Å². The van der Waals surface area contributed by atoms with E-state index < -0.39 is 9.84 Å². The molecule has 1 heterocycles. The molecule has 0 saturated carbocycles. The van der Waals surface area contributed by atoms with E-state index in [0.29, 0.717) is 24.3 Å². The van der Waals surface area contributed by atoms with Gasteiger partial charge in [-0.3, -0.25) is 4.79 Å². The highest BCUT2D eigenvalue weighted by atomic mass is 32.2. The Balaban J connectivity index is 2.21. The Morgan fingerprint density at radius 3 is 2.39 bits per heavy atom. The van der Waals surface area contributed by atoms with Gasteiger partial charge in [-0.25, -0.2) is 8.42 Å². The SMILES string of the molecule is CC(=O)c1ccc(N2CCS(=O)(=O)CC2)cc1N. The topological polar surface area (TPSA) is 80.5 Å². The van der Waals surface area contributed by atoms with Crippen molar-refractivity contribution in [3.8, 4) is 0 Å². The minimum atomic E-state index is -2.88. The molecule has 1 aliphatic rings. The van der Waals surface area contributed by atoms with Gasteiger partial charge in [0.15, 0.2) is 15.6 Å². The predicted molar refractivity (Wildman–Crippen MR) is 71.7 cm³/mol. The molecule has 0 atom stereocenters. The van der Waals surface area contributed by atoms with E-state index in [0.717, 1.165) is 5.69 Å². The van der Waals surface area contributed by atoms with Crippen LogP contribution in [0.25, 0.3) is 0 Å². The van der Waals surface area contributed by atoms with Crippen LogP contribution in [0.4, 0.5) is 11.4 Å². The maximum absolute atomic E-state index is 11.3. The molecule has 5 nitrogen and oxygen atoms in total. The minimum Gasteiger partial charge on any atom is -0.398 e. The van der Waals surface area contributed by atoms with E-state index in [1.165, 1.54) is 6.92 Å². The van der Waals surface area contributed by atoms with E-state index in [1.54, 1.807) is 12.1 Å². The number of carbonyl (C=O) groups excluding carboxylic acids is 1. The van der Waals surface area contributed by atoms with Crippen LogP contribution in [0.5, 0.6) is 0 Å². The molecule has 1 saturated heterocycles. The summed E-state index contributed by atoms with van der Waals surface area (Å²) < 4.78 is 22.7. The summed E-state index contributed by atoms with van der Waals surface area (Å²) >= 11 is 0. The molecular weight excluding hydrogens is 252 g/mol. The normalized spacial score (nSPS) is 18.6. The molecule has 0 amide bonds. The summed E-state index contributed by atoms with van der Waals surface area (Å²) in [6.45, 7) is 2.42. The Hall–Kier alpha value is -1.56. The van der Waals surface area contributed by atoms with Gasteiger partial charge in [-0.15, -0.1) is 0 Å². The molecule has 0 radical (unpaired) electrons. The summed E-state index contributed by atoms with van der Waals surface area (Å²) in [6, 6.07) is 5.23. The molecule has 0 spiro atoms. The fourth-order valence-electron chi connectivity index (χ4n) is 2.04. The van der Waals surface area contributed by atoms with E-state index in [9.17, 15) is 13.2 Å². The first kappa shape index (κ1) is 12.9. The zero-order valence-corrected chi connectivity index (χ0v) is 11.0. The third-order valence-corrected chi connectivity index (χ3v) is 4.73. The molecule has 2 rings (SSSR count). The molecular formula is C12H16N2O3S. The highest BCUT2D eigenvalue weighted by Crippen LogP contribution is 2.23. The summed E-state index contributed by atoms with van der Waals surface area (Å²) in [5, 5.41) is 0. The standard InChI is InChI=1S/C12H16N2O3S/c1-9(15)11-3-2-10(8-12(11)13)14-4-6-18(16,17)7-5-14/h2-3,8H,4-7,13H2,1H3. The van der Waals surface area contributed by atoms with Crippen LogP contribution in [0, 0.1) is 0 Å². The molecule has 18 heavy (non-hydrogen) atoms. The smallest absolute Gasteiger partial charge is 0.161 e. The lowest BCUT2D eigenvalue weighted by atomic mass is 10.1. The zero-order chi connectivity index (χ0) is 13.3. The molecule has 0 aliphatic carbocycles. The molecule has 1 fully saturated rings. The van der Waals surface area contributed by atoms with Crippen LogP contribution in [0.1, 0.15) is 17.3 Å². The first-order chi connectivity index (χ1) is 8.39. The average Bonchev–Trinajstić information content (AvgIpc) is 2.28. The second-order valence-electron chi connectivity index (χ2n) is 4.47. The Bertz CT molecular complexity index is 567. The number of rotatable bonds is 2. The quantitative estimate of drug-likeness (QED) is 0.631. The molecule has 1 aromatic rings. The van der Waals surface area contributed by atoms with E-state index in [4.69, 9.17) is 5.73 Å². The van der Waals surface area contributed by atoms with Crippen molar-refractivity contribution in [1.29, 1.82) is 0 Å². The number of nitrogen functional groups attached to an aromatic ring is 1. The molecule has 2 N–H and O–H groups in total. The van der Waals surface area contributed by atoms with Crippen LogP contribution >= 0.6 is 0 Å². The third kappa shape index (κ3) is 2.64. The number of hydrogen-bond acceptors (Lipinski definition) is 5. The van der Waals surface area contributed by atoms with Gasteiger partial charge in [-0.05, 0) is 25.1 Å². The fourth-order valence-corrected chi connectivity index (χ4v) is 3.24. The van der Waals surface area contributed by atoms with Crippen LogP contribution in [0.2, 0.25) is 0 Å². The van der Waals surface area contributed by atoms with E-state index >= 15 is 0 Å². The number of ketones is 1. The maximum Gasteiger partial charge on any atom is 0.161 e. The van der Waals surface area contributed by atoms with Crippen molar-refractivity contribution in [3.63, 3.8) is 0 Å². The predicted octanol–water partition coefficient (Wildman–Crippen LogP) is 0.706. The number of nitrogens with zero attached hydrogens (tertiary/aromatic N) is 1. The highest BCUT2D eigenvalue weighted by Gasteiger charge is 2.22. The molecule has 1 aliphatic heterocycles. The lowest BCUT2D eigenvalue weighted by Gasteiger charge is -2.29. The lowest BCUT2D eigenvalue weighted by molar-refractivity contribution is 0.101. The monoisotopic (exact) mass is 268 g/mol. The summed E-state index contributed by atoms with van der Waals surface area (Å²) in [5.74, 6) is 0.267. The summed E-state index contributed by atoms with van der Waals surface area (Å²) in [6.07, 6.45) is 0. The minimum absolute atomic E-state index is 0.0692. The molecule has 1 aromatic carbocycles. The van der Waals surface area contributed by atoms with Crippen LogP contribution in [0.15, 0.2) is 18.2 Å². The number of Topliss-reactive ketones (excluding diaryl/α,β-unsaturated/α-hetero) is 1.